The molecular weight excluding hydrogens is 400 g/mol. The number of amides is 2. The van der Waals surface area contributed by atoms with Crippen molar-refractivity contribution in [2.24, 2.45) is 5.41 Å². The number of aromatic nitrogens is 2. The fourth-order valence-electron chi connectivity index (χ4n) is 4.90. The van der Waals surface area contributed by atoms with Crippen LogP contribution in [0.4, 0.5) is 9.93 Å². The van der Waals surface area contributed by atoms with Crippen LogP contribution in [0.5, 0.6) is 5.88 Å². The van der Waals surface area contributed by atoms with E-state index in [1.807, 2.05) is 11.1 Å². The maximum atomic E-state index is 13.0. The fourth-order valence-corrected chi connectivity index (χ4v) is 5.89. The van der Waals surface area contributed by atoms with Gasteiger partial charge in [0.15, 0.2) is 5.13 Å². The van der Waals surface area contributed by atoms with Crippen LogP contribution in [0.25, 0.3) is 15.8 Å². The van der Waals surface area contributed by atoms with E-state index in [4.69, 9.17) is 9.47 Å². The molecule has 3 aliphatic rings. The van der Waals surface area contributed by atoms with Crippen LogP contribution in [0.3, 0.4) is 0 Å². The molecular formula is C22H28N4O3S. The van der Waals surface area contributed by atoms with Crippen molar-refractivity contribution in [3.8, 4) is 5.88 Å². The van der Waals surface area contributed by atoms with Crippen molar-refractivity contribution in [3.05, 3.63) is 17.8 Å². The van der Waals surface area contributed by atoms with E-state index in [0.717, 1.165) is 74.2 Å². The average molecular weight is 429 g/mol. The zero-order valence-corrected chi connectivity index (χ0v) is 18.2. The third-order valence-electron chi connectivity index (χ3n) is 6.71. The second-order valence-electron chi connectivity index (χ2n) is 8.57. The van der Waals surface area contributed by atoms with Crippen molar-refractivity contribution < 1.29 is 14.3 Å². The van der Waals surface area contributed by atoms with E-state index in [1.165, 1.54) is 29.8 Å². The number of thiazole rings is 1. The van der Waals surface area contributed by atoms with Crippen LogP contribution in [0.2, 0.25) is 0 Å². The van der Waals surface area contributed by atoms with Gasteiger partial charge in [-0.15, -0.1) is 0 Å². The Kier molecular flexibility index (Phi) is 5.37. The third kappa shape index (κ3) is 3.67. The molecule has 2 fully saturated rings. The fraction of sp³-hybridized carbons (Fsp3) is 0.591. The van der Waals surface area contributed by atoms with Gasteiger partial charge in [0.2, 0.25) is 5.88 Å². The Bertz CT molecular complexity index is 980. The number of fused-ring (bicyclic) bond motifs is 1. The highest BCUT2D eigenvalue weighted by Crippen LogP contribution is 2.41. The molecule has 8 heteroatoms. The summed E-state index contributed by atoms with van der Waals surface area (Å²) in [6.45, 7) is 3.20. The lowest BCUT2D eigenvalue weighted by Gasteiger charge is -2.33. The van der Waals surface area contributed by atoms with E-state index in [2.05, 4.69) is 21.4 Å². The molecule has 0 radical (unpaired) electrons. The Labute approximate surface area is 180 Å². The first-order chi connectivity index (χ1) is 14.7. The number of anilines is 1. The van der Waals surface area contributed by atoms with Gasteiger partial charge in [-0.3, -0.25) is 5.32 Å². The zero-order chi connectivity index (χ0) is 20.6. The predicted octanol–water partition coefficient (Wildman–Crippen LogP) is 4.69. The number of methoxy groups -OCH3 is 1. The van der Waals surface area contributed by atoms with E-state index in [1.54, 1.807) is 7.11 Å². The minimum Gasteiger partial charge on any atom is -0.479 e. The number of pyridine rings is 1. The lowest BCUT2D eigenvalue weighted by Crippen LogP contribution is -2.37. The summed E-state index contributed by atoms with van der Waals surface area (Å²) in [5.41, 5.74) is 3.40. The minimum absolute atomic E-state index is 0.0669. The first-order valence-electron chi connectivity index (χ1n) is 10.8. The first-order valence-corrected chi connectivity index (χ1v) is 11.7. The van der Waals surface area contributed by atoms with Crippen LogP contribution in [-0.4, -0.2) is 54.3 Å². The summed E-state index contributed by atoms with van der Waals surface area (Å²) < 4.78 is 12.0. The molecule has 30 heavy (non-hydrogen) atoms. The van der Waals surface area contributed by atoms with Gasteiger partial charge in [0, 0.05) is 38.1 Å². The van der Waals surface area contributed by atoms with Gasteiger partial charge in [0.1, 0.15) is 5.52 Å². The highest BCUT2D eigenvalue weighted by Gasteiger charge is 2.41. The van der Waals surface area contributed by atoms with E-state index < -0.39 is 0 Å². The first kappa shape index (κ1) is 19.8. The Hall–Kier alpha value is -2.19. The molecule has 0 unspecified atom stereocenters. The molecule has 4 heterocycles. The Morgan fingerprint density at radius 3 is 2.93 bits per heavy atom. The largest absolute Gasteiger partial charge is 0.479 e. The number of likely N-dealkylation sites (tertiary alicyclic amines) is 1. The summed E-state index contributed by atoms with van der Waals surface area (Å²) in [5, 5.41) is 3.64. The number of rotatable bonds is 3. The van der Waals surface area contributed by atoms with Crippen LogP contribution in [0.15, 0.2) is 12.3 Å². The molecule has 5 rings (SSSR count). The van der Waals surface area contributed by atoms with Gasteiger partial charge >= 0.3 is 6.03 Å². The number of hydrogen-bond acceptors (Lipinski definition) is 6. The highest BCUT2D eigenvalue weighted by atomic mass is 32.1. The van der Waals surface area contributed by atoms with Crippen molar-refractivity contribution in [2.75, 3.05) is 38.7 Å². The van der Waals surface area contributed by atoms with Gasteiger partial charge in [-0.25, -0.2) is 14.8 Å². The molecule has 2 amide bonds. The van der Waals surface area contributed by atoms with Crippen molar-refractivity contribution in [2.45, 2.75) is 44.9 Å². The number of urea groups is 1. The lowest BCUT2D eigenvalue weighted by molar-refractivity contribution is 0.0211. The molecule has 1 aliphatic carbocycles. The number of carbonyl (C=O) groups excluding carboxylic acids is 1. The van der Waals surface area contributed by atoms with Crippen LogP contribution >= 0.6 is 11.3 Å². The molecule has 2 aromatic rings. The van der Waals surface area contributed by atoms with Crippen LogP contribution in [0.1, 0.15) is 50.5 Å². The molecule has 7 nitrogen and oxygen atoms in total. The molecule has 0 saturated carbocycles. The van der Waals surface area contributed by atoms with E-state index >= 15 is 0 Å². The molecule has 0 aromatic carbocycles. The van der Waals surface area contributed by atoms with Crippen LogP contribution in [-0.2, 0) is 4.74 Å². The number of hydrogen-bond donors (Lipinski definition) is 1. The van der Waals surface area contributed by atoms with Gasteiger partial charge in [-0.1, -0.05) is 17.4 Å². The SMILES string of the molecule is COc1ncc(C2=CCCCC2)c2sc(NC(=O)N3CCC4(CCOCC4)C3)nc12. The van der Waals surface area contributed by atoms with Crippen molar-refractivity contribution in [1.82, 2.24) is 14.9 Å². The van der Waals surface area contributed by atoms with Crippen molar-refractivity contribution >= 4 is 38.3 Å². The molecule has 2 saturated heterocycles. The molecule has 160 valence electrons. The summed E-state index contributed by atoms with van der Waals surface area (Å²) in [4.78, 5) is 24.0. The van der Waals surface area contributed by atoms with Gasteiger partial charge in [-0.2, -0.15) is 0 Å². The number of carbonyl (C=O) groups is 1. The summed E-state index contributed by atoms with van der Waals surface area (Å²) in [6.07, 6.45) is 11.9. The van der Waals surface area contributed by atoms with E-state index in [0.29, 0.717) is 11.0 Å². The van der Waals surface area contributed by atoms with Crippen LogP contribution in [0, 0.1) is 5.41 Å². The Morgan fingerprint density at radius 2 is 2.17 bits per heavy atom. The topological polar surface area (TPSA) is 76.6 Å². The van der Waals surface area contributed by atoms with E-state index in [-0.39, 0.29) is 11.4 Å². The Morgan fingerprint density at radius 1 is 1.30 bits per heavy atom. The lowest BCUT2D eigenvalue weighted by atomic mass is 9.80. The Balaban J connectivity index is 1.38. The maximum Gasteiger partial charge on any atom is 0.323 e. The number of ether oxygens (including phenoxy) is 2. The third-order valence-corrected chi connectivity index (χ3v) is 7.71. The summed E-state index contributed by atoms with van der Waals surface area (Å²) in [7, 11) is 1.61. The summed E-state index contributed by atoms with van der Waals surface area (Å²) >= 11 is 1.51. The van der Waals surface area contributed by atoms with Crippen molar-refractivity contribution in [1.29, 1.82) is 0 Å². The van der Waals surface area contributed by atoms with Crippen molar-refractivity contribution in [3.63, 3.8) is 0 Å². The molecule has 2 aliphatic heterocycles. The summed E-state index contributed by atoms with van der Waals surface area (Å²) in [6, 6.07) is -0.0669. The number of nitrogens with one attached hydrogen (secondary N) is 1. The standard InChI is InChI=1S/C22H28N4O3S/c1-28-19-17-18(16(13-23-19)15-5-3-2-4-6-15)30-20(24-17)25-21(27)26-10-7-22(14-26)8-11-29-12-9-22/h5,13H,2-4,6-12,14H2,1H3,(H,24,25,27). The zero-order valence-electron chi connectivity index (χ0n) is 17.4. The van der Waals surface area contributed by atoms with Gasteiger partial charge in [0.05, 0.1) is 11.8 Å². The second kappa shape index (κ2) is 8.15. The predicted molar refractivity (Wildman–Crippen MR) is 118 cm³/mol. The minimum atomic E-state index is -0.0669. The van der Waals surface area contributed by atoms with Gasteiger partial charge in [0.25, 0.3) is 0 Å². The molecule has 1 spiro atoms. The number of allylic oxidation sites excluding steroid dienone is 2. The normalized spacial score (nSPS) is 21.1. The molecule has 1 N–H and O–H groups in total. The second-order valence-corrected chi connectivity index (χ2v) is 9.57. The van der Waals surface area contributed by atoms with E-state index in [9.17, 15) is 4.79 Å². The average Bonchev–Trinajstić information content (AvgIpc) is 3.38. The smallest absolute Gasteiger partial charge is 0.323 e. The molecule has 0 bridgehead atoms. The maximum absolute atomic E-state index is 13.0. The monoisotopic (exact) mass is 428 g/mol. The van der Waals surface area contributed by atoms with Gasteiger partial charge < -0.3 is 14.4 Å². The van der Waals surface area contributed by atoms with Gasteiger partial charge in [-0.05, 0) is 55.9 Å². The summed E-state index contributed by atoms with van der Waals surface area (Å²) in [5.74, 6) is 0.504. The highest BCUT2D eigenvalue weighted by molar-refractivity contribution is 7.22. The van der Waals surface area contributed by atoms with Crippen LogP contribution < -0.4 is 10.1 Å². The quantitative estimate of drug-likeness (QED) is 0.767. The molecule has 2 aromatic heterocycles. The number of nitrogens with zero attached hydrogens (tertiary/aromatic N) is 3. The molecule has 0 atom stereocenters.